The van der Waals surface area contributed by atoms with Crippen molar-refractivity contribution in [1.29, 1.82) is 0 Å². The molecule has 2 rings (SSSR count). The van der Waals surface area contributed by atoms with Crippen LogP contribution in [0.1, 0.15) is 109 Å². The Morgan fingerprint density at radius 2 is 1.58 bits per heavy atom. The van der Waals surface area contributed by atoms with E-state index in [2.05, 4.69) is 5.32 Å². The summed E-state index contributed by atoms with van der Waals surface area (Å²) in [6.07, 6.45) is -6.91. The molecule has 2 saturated heterocycles. The molecule has 0 saturated carbocycles. The third-order valence-electron chi connectivity index (χ3n) is 10.4. The number of Topliss-reactive ketones (excluding diaryl/α,β-unsaturated/α-hetero) is 1. The Bertz CT molecular complexity index is 1300. The number of aliphatic hydroxyl groups is 2. The second-order valence-corrected chi connectivity index (χ2v) is 16.7. The summed E-state index contributed by atoms with van der Waals surface area (Å²) in [5.74, 6) is -6.72. The number of aliphatic hydroxyl groups excluding tert-OH is 1. The van der Waals surface area contributed by atoms with Crippen LogP contribution in [0.4, 0.5) is 4.79 Å². The van der Waals surface area contributed by atoms with Crippen LogP contribution in [0.5, 0.6) is 0 Å². The van der Waals surface area contributed by atoms with Crippen molar-refractivity contribution < 1.29 is 62.6 Å². The summed E-state index contributed by atoms with van der Waals surface area (Å²) in [6, 6.07) is -1.65. The summed E-state index contributed by atoms with van der Waals surface area (Å²) in [7, 11) is 3.67. The number of esters is 3. The Balaban J connectivity index is 2.82. The number of nitrogens with zero attached hydrogens (tertiary/aromatic N) is 1. The fraction of sp³-hybridized carbons (Fsp3) is 0.868. The normalized spacial score (nSPS) is 39.4. The number of amides is 1. The van der Waals surface area contributed by atoms with Gasteiger partial charge >= 0.3 is 24.0 Å². The molecule has 0 aliphatic carbocycles. The highest BCUT2D eigenvalue weighted by molar-refractivity contribution is 5.84. The average Bonchev–Trinajstić information content (AvgIpc) is 3.01. The summed E-state index contributed by atoms with van der Waals surface area (Å²) in [4.78, 5) is 68.4. The summed E-state index contributed by atoms with van der Waals surface area (Å²) < 4.78 is 36.1. The molecule has 1 amide bonds. The molecule has 14 atom stereocenters. The van der Waals surface area contributed by atoms with Crippen molar-refractivity contribution in [2.75, 3.05) is 14.1 Å². The zero-order chi connectivity index (χ0) is 41.0. The van der Waals surface area contributed by atoms with E-state index in [9.17, 15) is 34.2 Å². The highest BCUT2D eigenvalue weighted by atomic mass is 16.7. The second-order valence-electron chi connectivity index (χ2n) is 16.7. The number of ether oxygens (including phenoxy) is 6. The van der Waals surface area contributed by atoms with Gasteiger partial charge in [0.2, 0.25) is 0 Å². The predicted octanol–water partition coefficient (Wildman–Crippen LogP) is 3.53. The first-order valence-corrected chi connectivity index (χ1v) is 18.6. The lowest BCUT2D eigenvalue weighted by atomic mass is 9.73. The van der Waals surface area contributed by atoms with E-state index in [1.807, 2.05) is 25.9 Å². The molecule has 2 aliphatic rings. The molecule has 15 heteroatoms. The largest absolute Gasteiger partial charge is 0.459 e. The van der Waals surface area contributed by atoms with Crippen LogP contribution in [0.15, 0.2) is 0 Å². The van der Waals surface area contributed by atoms with Crippen molar-refractivity contribution in [2.24, 2.45) is 23.7 Å². The molecule has 0 aromatic heterocycles. The fourth-order valence-corrected chi connectivity index (χ4v) is 7.84. The third-order valence-corrected chi connectivity index (χ3v) is 10.4. The molecule has 0 bridgehead atoms. The Morgan fingerprint density at radius 1 is 1.00 bits per heavy atom. The maximum atomic E-state index is 14.4. The van der Waals surface area contributed by atoms with Crippen molar-refractivity contribution in [2.45, 2.75) is 175 Å². The Kier molecular flexibility index (Phi) is 15.9. The van der Waals surface area contributed by atoms with E-state index in [0.29, 0.717) is 6.42 Å². The molecule has 15 nitrogen and oxygen atoms in total. The van der Waals surface area contributed by atoms with Crippen molar-refractivity contribution in [3.8, 4) is 0 Å². The molecule has 0 aromatic carbocycles. The quantitative estimate of drug-likeness (QED) is 0.252. The lowest BCUT2D eigenvalue weighted by Crippen LogP contribution is -2.63. The average molecular weight is 759 g/mol. The van der Waals surface area contributed by atoms with E-state index in [4.69, 9.17) is 28.4 Å². The van der Waals surface area contributed by atoms with E-state index in [0.717, 1.165) is 0 Å². The number of rotatable bonds is 7. The monoisotopic (exact) mass is 758 g/mol. The van der Waals surface area contributed by atoms with Crippen LogP contribution in [0, 0.1) is 23.7 Å². The van der Waals surface area contributed by atoms with Gasteiger partial charge in [0.05, 0.1) is 30.2 Å². The van der Waals surface area contributed by atoms with E-state index in [-0.39, 0.29) is 25.0 Å². The van der Waals surface area contributed by atoms with Crippen molar-refractivity contribution in [3.63, 3.8) is 0 Å². The maximum Gasteiger partial charge on any atom is 0.407 e. The minimum absolute atomic E-state index is 0.0953. The molecular weight excluding hydrogens is 692 g/mol. The number of nitrogens with one attached hydrogen (secondary N) is 1. The van der Waals surface area contributed by atoms with Gasteiger partial charge in [0.15, 0.2) is 12.4 Å². The second kappa shape index (κ2) is 18.2. The summed E-state index contributed by atoms with van der Waals surface area (Å²) in [6.45, 7) is 20.2. The number of carbonyl (C=O) groups excluding carboxylic acids is 5. The molecule has 2 aliphatic heterocycles. The molecule has 0 spiro atoms. The maximum absolute atomic E-state index is 14.4. The number of carbonyl (C=O) groups is 5. The van der Waals surface area contributed by atoms with E-state index < -0.39 is 107 Å². The molecule has 2 heterocycles. The minimum Gasteiger partial charge on any atom is -0.459 e. The van der Waals surface area contributed by atoms with Gasteiger partial charge in [-0.1, -0.05) is 27.7 Å². The number of hydrogen-bond acceptors (Lipinski definition) is 14. The standard InChI is InChI=1S/C38H66N2O13/c1-16-27-38(13,47)31(39-35(46)53-36(9,10)11)21(4)28(43)19(2)18-37(12,52-25(8)42)32(22(5)29(44)23(6)33(45)50-27)51-34-30(49-24(7)41)26(40(14)15)17-20(3)48-34/h19-23,26-27,29-32,34,44,47H,16-18H2,1-15H3,(H,39,46)/t19-,20-,21+,22+,23-,26+,27-,29+,30-,31-,32-,34+,37-,38-/m1/s1. The smallest absolute Gasteiger partial charge is 0.407 e. The predicted molar refractivity (Wildman–Crippen MR) is 193 cm³/mol. The zero-order valence-corrected chi connectivity index (χ0v) is 34.4. The van der Waals surface area contributed by atoms with Gasteiger partial charge < -0.3 is 48.9 Å². The fourth-order valence-electron chi connectivity index (χ4n) is 7.84. The topological polar surface area (TPSA) is 196 Å². The van der Waals surface area contributed by atoms with Crippen LogP contribution in [-0.2, 0) is 47.6 Å². The number of ketones is 1. The Hall–Kier alpha value is -2.85. The summed E-state index contributed by atoms with van der Waals surface area (Å²) in [5, 5.41) is 26.6. The Labute approximate surface area is 315 Å². The zero-order valence-electron chi connectivity index (χ0n) is 34.4. The van der Waals surface area contributed by atoms with Crippen molar-refractivity contribution >= 4 is 29.8 Å². The minimum atomic E-state index is -1.99. The van der Waals surface area contributed by atoms with E-state index in [1.165, 1.54) is 27.7 Å². The van der Waals surface area contributed by atoms with Crippen LogP contribution in [0.3, 0.4) is 0 Å². The van der Waals surface area contributed by atoms with Crippen molar-refractivity contribution in [1.82, 2.24) is 10.2 Å². The summed E-state index contributed by atoms with van der Waals surface area (Å²) >= 11 is 0. The molecular formula is C38H66N2O13. The number of hydrogen-bond donors (Lipinski definition) is 3. The van der Waals surface area contributed by atoms with Crippen LogP contribution in [0.25, 0.3) is 0 Å². The molecule has 0 radical (unpaired) electrons. The number of likely N-dealkylation sites (N-methyl/N-ethyl adjacent to an activating group) is 1. The van der Waals surface area contributed by atoms with Gasteiger partial charge in [0, 0.05) is 31.6 Å². The molecule has 3 N–H and O–H groups in total. The number of cyclic esters (lactones) is 1. The van der Waals surface area contributed by atoms with Crippen LogP contribution in [-0.4, -0.2) is 125 Å². The van der Waals surface area contributed by atoms with Gasteiger partial charge in [-0.15, -0.1) is 0 Å². The van der Waals surface area contributed by atoms with Crippen LogP contribution in [0.2, 0.25) is 0 Å². The molecule has 53 heavy (non-hydrogen) atoms. The molecule has 2 fully saturated rings. The van der Waals surface area contributed by atoms with Gasteiger partial charge in [-0.05, 0) is 81.8 Å². The van der Waals surface area contributed by atoms with Gasteiger partial charge in [-0.2, -0.15) is 0 Å². The lowest BCUT2D eigenvalue weighted by Gasteiger charge is -2.48. The van der Waals surface area contributed by atoms with Crippen molar-refractivity contribution in [3.05, 3.63) is 0 Å². The highest BCUT2D eigenvalue weighted by Crippen LogP contribution is 2.40. The molecule has 0 unspecified atom stereocenters. The first-order chi connectivity index (χ1) is 24.2. The Morgan fingerprint density at radius 3 is 2.08 bits per heavy atom. The van der Waals surface area contributed by atoms with Gasteiger partial charge in [0.25, 0.3) is 0 Å². The SMILES string of the molecule is CC[C@H]1OC(=O)[C@H](C)[C@@H](O)[C@H](C)[C@@H](O[C@@H]2O[C@H](C)C[C@H](N(C)C)[C@H]2OC(C)=O)[C@](C)(OC(C)=O)C[C@@H](C)C(=O)[C@H](C)[C@@H](NC(=O)OC(C)(C)C)[C@]1(C)O. The molecule has 306 valence electrons. The first kappa shape index (κ1) is 46.3. The van der Waals surface area contributed by atoms with Crippen LogP contribution < -0.4 is 5.32 Å². The first-order valence-electron chi connectivity index (χ1n) is 18.6. The third kappa shape index (κ3) is 11.8. The number of alkyl carbamates (subject to hydrolysis) is 1. The van der Waals surface area contributed by atoms with E-state index in [1.54, 1.807) is 55.4 Å². The van der Waals surface area contributed by atoms with Crippen LogP contribution >= 0.6 is 0 Å². The van der Waals surface area contributed by atoms with Gasteiger partial charge in [-0.3, -0.25) is 19.2 Å². The van der Waals surface area contributed by atoms with Gasteiger partial charge in [0.1, 0.15) is 34.8 Å². The molecule has 0 aromatic rings. The summed E-state index contributed by atoms with van der Waals surface area (Å²) in [5.41, 5.74) is -4.56. The lowest BCUT2D eigenvalue weighted by molar-refractivity contribution is -0.302. The van der Waals surface area contributed by atoms with E-state index >= 15 is 0 Å². The van der Waals surface area contributed by atoms with Gasteiger partial charge in [-0.25, -0.2) is 4.79 Å². The highest BCUT2D eigenvalue weighted by Gasteiger charge is 2.54.